The van der Waals surface area contributed by atoms with Crippen LogP contribution in [0.1, 0.15) is 28.5 Å². The molecule has 168 valence electrons. The number of aromatic amines is 1. The molecule has 0 fully saturated rings. The van der Waals surface area contributed by atoms with Gasteiger partial charge in [0.05, 0.1) is 26.7 Å². The lowest BCUT2D eigenvalue weighted by Crippen LogP contribution is -2.31. The van der Waals surface area contributed by atoms with Crippen molar-refractivity contribution in [1.29, 1.82) is 0 Å². The molecule has 3 N–H and O–H groups in total. The summed E-state index contributed by atoms with van der Waals surface area (Å²) in [5.74, 6) is -3.28. The zero-order valence-electron chi connectivity index (χ0n) is 17.0. The minimum Gasteiger partial charge on any atom is -0.493 e. The highest BCUT2D eigenvalue weighted by Crippen LogP contribution is 2.35. The molecule has 11 heteroatoms. The second-order valence-corrected chi connectivity index (χ2v) is 6.65. The van der Waals surface area contributed by atoms with Crippen molar-refractivity contribution in [1.82, 2.24) is 15.1 Å². The first-order chi connectivity index (χ1) is 15.2. The third kappa shape index (κ3) is 4.61. The molecule has 0 aliphatic heterocycles. The predicted molar refractivity (Wildman–Crippen MR) is 108 cm³/mol. The summed E-state index contributed by atoms with van der Waals surface area (Å²) in [7, 11) is 2.78. The van der Waals surface area contributed by atoms with E-state index in [4.69, 9.17) is 9.47 Å². The Morgan fingerprint density at radius 1 is 1.16 bits per heavy atom. The maximum absolute atomic E-state index is 14.0. The molecule has 3 rings (SSSR count). The molecule has 3 aromatic rings. The first-order valence-corrected chi connectivity index (χ1v) is 9.26. The van der Waals surface area contributed by atoms with E-state index in [2.05, 4.69) is 10.4 Å². The number of carboxylic acids is 1. The molecule has 0 radical (unpaired) electrons. The van der Waals surface area contributed by atoms with Gasteiger partial charge in [-0.1, -0.05) is 12.1 Å². The van der Waals surface area contributed by atoms with Crippen LogP contribution in [0.2, 0.25) is 0 Å². The molecule has 0 saturated carbocycles. The van der Waals surface area contributed by atoms with Gasteiger partial charge in [0.15, 0.2) is 17.3 Å². The highest BCUT2D eigenvalue weighted by atomic mass is 19.1. The van der Waals surface area contributed by atoms with Crippen LogP contribution in [0.5, 0.6) is 11.5 Å². The van der Waals surface area contributed by atoms with Crippen LogP contribution < -0.4 is 20.3 Å². The number of H-pyrrole nitrogens is 1. The first-order valence-electron chi connectivity index (χ1n) is 9.26. The molecule has 0 aliphatic carbocycles. The number of carboxylic acid groups (broad SMARTS) is 1. The first kappa shape index (κ1) is 22.5. The molecule has 1 aromatic heterocycles. The molecule has 32 heavy (non-hydrogen) atoms. The van der Waals surface area contributed by atoms with E-state index in [-0.39, 0.29) is 17.1 Å². The van der Waals surface area contributed by atoms with Crippen LogP contribution >= 0.6 is 0 Å². The van der Waals surface area contributed by atoms with E-state index >= 15 is 0 Å². The van der Waals surface area contributed by atoms with Crippen molar-refractivity contribution in [2.45, 2.75) is 12.5 Å². The largest absolute Gasteiger partial charge is 0.493 e. The third-order valence-electron chi connectivity index (χ3n) is 4.61. The quantitative estimate of drug-likeness (QED) is 0.487. The Hall–Kier alpha value is -4.15. The van der Waals surface area contributed by atoms with Crippen LogP contribution in [0.3, 0.4) is 0 Å². The van der Waals surface area contributed by atoms with Gasteiger partial charge in [-0.25, -0.2) is 13.5 Å². The van der Waals surface area contributed by atoms with Gasteiger partial charge in [0.1, 0.15) is 17.2 Å². The zero-order chi connectivity index (χ0) is 23.4. The minimum absolute atomic E-state index is 0.237. The van der Waals surface area contributed by atoms with Crippen LogP contribution in [0, 0.1) is 11.6 Å². The number of hydrogen-bond acceptors (Lipinski definition) is 5. The molecule has 9 nitrogen and oxygen atoms in total. The molecule has 0 saturated heterocycles. The van der Waals surface area contributed by atoms with Crippen LogP contribution in [-0.2, 0) is 4.79 Å². The van der Waals surface area contributed by atoms with Crippen LogP contribution in [0.4, 0.5) is 8.78 Å². The van der Waals surface area contributed by atoms with Gasteiger partial charge < -0.3 is 19.9 Å². The summed E-state index contributed by atoms with van der Waals surface area (Å²) in [4.78, 5) is 36.5. The number of carbonyl (C=O) groups is 2. The maximum Gasteiger partial charge on any atom is 0.305 e. The molecular weight excluding hydrogens is 428 g/mol. The summed E-state index contributed by atoms with van der Waals surface area (Å²) >= 11 is 0. The number of halogens is 2. The topological polar surface area (TPSA) is 123 Å². The van der Waals surface area contributed by atoms with E-state index in [1.54, 1.807) is 18.2 Å². The number of aromatic nitrogens is 2. The van der Waals surface area contributed by atoms with Crippen molar-refractivity contribution in [3.8, 4) is 17.2 Å². The number of benzene rings is 2. The van der Waals surface area contributed by atoms with E-state index in [1.807, 2.05) is 0 Å². The molecule has 0 unspecified atom stereocenters. The fourth-order valence-electron chi connectivity index (χ4n) is 3.19. The fourth-order valence-corrected chi connectivity index (χ4v) is 3.19. The summed E-state index contributed by atoms with van der Waals surface area (Å²) < 4.78 is 38.5. The summed E-state index contributed by atoms with van der Waals surface area (Å²) in [6, 6.07) is 7.25. The monoisotopic (exact) mass is 447 g/mol. The van der Waals surface area contributed by atoms with Crippen LogP contribution in [0.15, 0.2) is 47.3 Å². The van der Waals surface area contributed by atoms with Crippen molar-refractivity contribution < 1.29 is 33.0 Å². The van der Waals surface area contributed by atoms with Crippen LogP contribution in [-0.4, -0.2) is 41.0 Å². The molecule has 1 heterocycles. The average molecular weight is 447 g/mol. The summed E-state index contributed by atoms with van der Waals surface area (Å²) in [6.07, 6.45) is -0.493. The van der Waals surface area contributed by atoms with Gasteiger partial charge >= 0.3 is 5.97 Å². The fraction of sp³-hybridized carbons (Fsp3) is 0.190. The number of nitrogens with zero attached hydrogens (tertiary/aromatic N) is 1. The van der Waals surface area contributed by atoms with Crippen molar-refractivity contribution in [3.63, 3.8) is 0 Å². The number of para-hydroxylation sites is 1. The highest BCUT2D eigenvalue weighted by molar-refractivity contribution is 5.92. The number of ether oxygens (including phenoxy) is 2. The van der Waals surface area contributed by atoms with Gasteiger partial charge in [-0.3, -0.25) is 19.5 Å². The summed E-state index contributed by atoms with van der Waals surface area (Å²) in [5.41, 5.74) is -0.966. The van der Waals surface area contributed by atoms with Crippen molar-refractivity contribution in [3.05, 3.63) is 75.7 Å². The van der Waals surface area contributed by atoms with E-state index in [0.717, 1.165) is 22.9 Å². The second-order valence-electron chi connectivity index (χ2n) is 6.65. The highest BCUT2D eigenvalue weighted by Gasteiger charge is 2.25. The van der Waals surface area contributed by atoms with Gasteiger partial charge in [0, 0.05) is 17.7 Å². The number of rotatable bonds is 8. The summed E-state index contributed by atoms with van der Waals surface area (Å²) in [5, 5.41) is 14.3. The number of carbonyl (C=O) groups excluding carboxylic acids is 1. The number of aliphatic carboxylic acids is 1. The maximum atomic E-state index is 14.0. The number of hydrogen-bond donors (Lipinski definition) is 3. The molecule has 1 atom stereocenters. The normalized spacial score (nSPS) is 11.6. The Bertz CT molecular complexity index is 1220. The minimum atomic E-state index is -1.19. The van der Waals surface area contributed by atoms with Gasteiger partial charge in [-0.05, 0) is 18.2 Å². The van der Waals surface area contributed by atoms with Gasteiger partial charge in [0.2, 0.25) is 0 Å². The molecule has 1 amide bonds. The SMILES string of the molecule is COc1cccc([C@H](CC(=O)O)NC(=O)c2cc(=O)n(-c3ccc(F)cc3F)[nH]2)c1OC. The van der Waals surface area contributed by atoms with Gasteiger partial charge in [0.25, 0.3) is 11.5 Å². The lowest BCUT2D eigenvalue weighted by Gasteiger charge is -2.21. The van der Waals surface area contributed by atoms with Gasteiger partial charge in [-0.2, -0.15) is 0 Å². The van der Waals surface area contributed by atoms with E-state index in [1.165, 1.54) is 14.2 Å². The van der Waals surface area contributed by atoms with E-state index in [9.17, 15) is 28.3 Å². The predicted octanol–water partition coefficient (Wildman–Crippen LogP) is 2.41. The molecule has 2 aromatic carbocycles. The van der Waals surface area contributed by atoms with Crippen molar-refractivity contribution in [2.75, 3.05) is 14.2 Å². The van der Waals surface area contributed by atoms with Crippen LogP contribution in [0.25, 0.3) is 5.69 Å². The van der Waals surface area contributed by atoms with Crippen molar-refractivity contribution in [2.24, 2.45) is 0 Å². The second kappa shape index (κ2) is 9.33. The van der Waals surface area contributed by atoms with E-state index < -0.39 is 41.5 Å². The Kier molecular flexibility index (Phi) is 6.57. The number of methoxy groups -OCH3 is 2. The van der Waals surface area contributed by atoms with Gasteiger partial charge in [-0.15, -0.1) is 0 Å². The Labute approximate surface area is 180 Å². The standard InChI is InChI=1S/C21H19F2N3O6/c1-31-17-5-3-4-12(20(17)32-2)14(10-19(28)29)24-21(30)15-9-18(27)26(25-15)16-7-6-11(22)8-13(16)23/h3-9,14,25H,10H2,1-2H3,(H,24,30)(H,28,29)/t14-/m0/s1. The Balaban J connectivity index is 1.95. The lowest BCUT2D eigenvalue weighted by molar-refractivity contribution is -0.137. The molecule has 0 aliphatic rings. The Morgan fingerprint density at radius 3 is 2.53 bits per heavy atom. The number of amides is 1. The third-order valence-corrected chi connectivity index (χ3v) is 4.61. The molecule has 0 bridgehead atoms. The lowest BCUT2D eigenvalue weighted by atomic mass is 10.0. The number of nitrogens with one attached hydrogen (secondary N) is 2. The Morgan fingerprint density at radius 2 is 1.91 bits per heavy atom. The average Bonchev–Trinajstić information content (AvgIpc) is 3.13. The van der Waals surface area contributed by atoms with E-state index in [0.29, 0.717) is 17.4 Å². The van der Waals surface area contributed by atoms with Crippen molar-refractivity contribution >= 4 is 11.9 Å². The molecule has 0 spiro atoms. The smallest absolute Gasteiger partial charge is 0.305 e. The molecular formula is C21H19F2N3O6. The summed E-state index contributed by atoms with van der Waals surface area (Å²) in [6.45, 7) is 0. The zero-order valence-corrected chi connectivity index (χ0v) is 17.0.